The van der Waals surface area contributed by atoms with E-state index in [2.05, 4.69) is 218 Å². The lowest BCUT2D eigenvalue weighted by Crippen LogP contribution is -1.92. The standard InChI is InChI=1S/C58H36/c1-2-14-38(15-3-1)43-32-33-55(48-20-8-4-16-44(43)48)58-53-24-12-10-22-51(53)57(52-23-11-13-25-54(52)58)41-29-27-37-26-28-39(34-42(37)35-41)40-30-31-50-47-19-6-5-17-45(47)46-18-7-9-21-49(46)56(50)36-40/h1-36H. The topological polar surface area (TPSA) is 0 Å². The van der Waals surface area contributed by atoms with Gasteiger partial charge in [0.15, 0.2) is 0 Å². The third-order valence-corrected chi connectivity index (χ3v) is 12.4. The van der Waals surface area contributed by atoms with Crippen LogP contribution in [0.2, 0.25) is 0 Å². The first-order chi connectivity index (χ1) is 28.8. The summed E-state index contributed by atoms with van der Waals surface area (Å²) in [5.41, 5.74) is 9.98. The molecule has 0 aromatic heterocycles. The molecule has 0 heterocycles. The molecule has 12 rings (SSSR count). The highest BCUT2D eigenvalue weighted by Crippen LogP contribution is 2.47. The van der Waals surface area contributed by atoms with Gasteiger partial charge in [0, 0.05) is 0 Å². The predicted molar refractivity (Wildman–Crippen MR) is 251 cm³/mol. The zero-order valence-corrected chi connectivity index (χ0v) is 31.8. The highest BCUT2D eigenvalue weighted by Gasteiger charge is 2.19. The average molecular weight is 733 g/mol. The lowest BCUT2D eigenvalue weighted by atomic mass is 9.83. The monoisotopic (exact) mass is 732 g/mol. The van der Waals surface area contributed by atoms with Crippen LogP contribution in [0.25, 0.3) is 120 Å². The second-order valence-electron chi connectivity index (χ2n) is 15.5. The van der Waals surface area contributed by atoms with Crippen LogP contribution in [-0.2, 0) is 0 Å². The lowest BCUT2D eigenvalue weighted by molar-refractivity contribution is 1.64. The Labute approximate surface area is 336 Å². The van der Waals surface area contributed by atoms with Gasteiger partial charge in [0.1, 0.15) is 0 Å². The molecule has 0 radical (unpaired) electrons. The number of fused-ring (bicyclic) bond motifs is 10. The molecule has 0 bridgehead atoms. The number of benzene rings is 12. The molecular formula is C58H36. The first-order valence-electron chi connectivity index (χ1n) is 20.2. The molecule has 58 heavy (non-hydrogen) atoms. The zero-order chi connectivity index (χ0) is 38.2. The fourth-order valence-electron chi connectivity index (χ4n) is 9.79. The van der Waals surface area contributed by atoms with Gasteiger partial charge in [0.2, 0.25) is 0 Å². The van der Waals surface area contributed by atoms with E-state index in [1.54, 1.807) is 0 Å². The van der Waals surface area contributed by atoms with Gasteiger partial charge in [0.25, 0.3) is 0 Å². The minimum atomic E-state index is 1.22. The summed E-state index contributed by atoms with van der Waals surface area (Å²) in [6.45, 7) is 0. The zero-order valence-electron chi connectivity index (χ0n) is 31.8. The maximum Gasteiger partial charge on any atom is -0.00201 e. The second kappa shape index (κ2) is 13.0. The molecule has 0 amide bonds. The Kier molecular flexibility index (Phi) is 7.33. The van der Waals surface area contributed by atoms with Crippen LogP contribution < -0.4 is 0 Å². The van der Waals surface area contributed by atoms with E-state index in [0.717, 1.165) is 0 Å². The van der Waals surface area contributed by atoms with E-state index < -0.39 is 0 Å². The van der Waals surface area contributed by atoms with Gasteiger partial charge in [-0.25, -0.2) is 0 Å². The molecule has 0 nitrogen and oxygen atoms in total. The van der Waals surface area contributed by atoms with Gasteiger partial charge in [-0.1, -0.05) is 200 Å². The van der Waals surface area contributed by atoms with Crippen molar-refractivity contribution in [1.29, 1.82) is 0 Å². The molecular weight excluding hydrogens is 697 g/mol. The van der Waals surface area contributed by atoms with Crippen molar-refractivity contribution < 1.29 is 0 Å². The maximum absolute atomic E-state index is 2.40. The van der Waals surface area contributed by atoms with Crippen molar-refractivity contribution in [3.8, 4) is 44.5 Å². The van der Waals surface area contributed by atoms with E-state index in [4.69, 9.17) is 0 Å². The number of hydrogen-bond donors (Lipinski definition) is 0. The van der Waals surface area contributed by atoms with Crippen molar-refractivity contribution >= 4 is 75.4 Å². The predicted octanol–water partition coefficient (Wildman–Crippen LogP) is 16.4. The fraction of sp³-hybridized carbons (Fsp3) is 0. The van der Waals surface area contributed by atoms with E-state index >= 15 is 0 Å². The summed E-state index contributed by atoms with van der Waals surface area (Å²) in [6, 6.07) is 80.9. The molecule has 0 aliphatic carbocycles. The van der Waals surface area contributed by atoms with E-state index in [1.165, 1.54) is 120 Å². The van der Waals surface area contributed by atoms with Crippen molar-refractivity contribution in [2.45, 2.75) is 0 Å². The lowest BCUT2D eigenvalue weighted by Gasteiger charge is -2.20. The van der Waals surface area contributed by atoms with Gasteiger partial charge >= 0.3 is 0 Å². The van der Waals surface area contributed by atoms with Crippen LogP contribution in [-0.4, -0.2) is 0 Å². The van der Waals surface area contributed by atoms with Crippen LogP contribution in [0.5, 0.6) is 0 Å². The molecule has 0 fully saturated rings. The highest BCUT2D eigenvalue weighted by atomic mass is 14.2. The van der Waals surface area contributed by atoms with Gasteiger partial charge in [-0.2, -0.15) is 0 Å². The van der Waals surface area contributed by atoms with Crippen molar-refractivity contribution in [3.05, 3.63) is 218 Å². The van der Waals surface area contributed by atoms with Crippen molar-refractivity contribution in [1.82, 2.24) is 0 Å². The molecule has 0 heteroatoms. The third kappa shape index (κ3) is 5.02. The summed E-state index contributed by atoms with van der Waals surface area (Å²) in [4.78, 5) is 0. The third-order valence-electron chi connectivity index (χ3n) is 12.4. The summed E-state index contributed by atoms with van der Waals surface area (Å²) in [5, 5.41) is 17.8. The van der Waals surface area contributed by atoms with Crippen LogP contribution in [0.15, 0.2) is 218 Å². The molecule has 0 aliphatic heterocycles. The minimum absolute atomic E-state index is 1.22. The Morgan fingerprint density at radius 3 is 1.17 bits per heavy atom. The number of rotatable bonds is 4. The van der Waals surface area contributed by atoms with E-state index in [-0.39, 0.29) is 0 Å². The first-order valence-corrected chi connectivity index (χ1v) is 20.2. The average Bonchev–Trinajstić information content (AvgIpc) is 3.30. The summed E-state index contributed by atoms with van der Waals surface area (Å²) in [5.74, 6) is 0. The van der Waals surface area contributed by atoms with Gasteiger partial charge < -0.3 is 0 Å². The van der Waals surface area contributed by atoms with Crippen LogP contribution in [0.3, 0.4) is 0 Å². The molecule has 0 unspecified atom stereocenters. The van der Waals surface area contributed by atoms with E-state index in [1.807, 2.05) is 0 Å². The molecule has 0 aliphatic rings. The molecule has 268 valence electrons. The summed E-state index contributed by atoms with van der Waals surface area (Å²) >= 11 is 0. The van der Waals surface area contributed by atoms with Crippen LogP contribution in [0.1, 0.15) is 0 Å². The minimum Gasteiger partial charge on any atom is -0.0622 e. The van der Waals surface area contributed by atoms with E-state index in [9.17, 15) is 0 Å². The summed E-state index contributed by atoms with van der Waals surface area (Å²) in [7, 11) is 0. The molecule has 12 aromatic carbocycles. The first kappa shape index (κ1) is 32.7. The quantitative estimate of drug-likeness (QED) is 0.125. The second-order valence-corrected chi connectivity index (χ2v) is 15.5. The summed E-state index contributed by atoms with van der Waals surface area (Å²) < 4.78 is 0. The molecule has 0 spiro atoms. The smallest absolute Gasteiger partial charge is 0.00201 e. The van der Waals surface area contributed by atoms with Crippen molar-refractivity contribution in [2.75, 3.05) is 0 Å². The Bertz CT molecular complexity index is 3520. The Morgan fingerprint density at radius 1 is 0.172 bits per heavy atom. The molecule has 0 saturated heterocycles. The Morgan fingerprint density at radius 2 is 0.569 bits per heavy atom. The van der Waals surface area contributed by atoms with Crippen LogP contribution >= 0.6 is 0 Å². The molecule has 0 N–H and O–H groups in total. The Hall–Kier alpha value is -7.54. The maximum atomic E-state index is 2.40. The normalized spacial score (nSPS) is 11.8. The molecule has 0 atom stereocenters. The Balaban J connectivity index is 1.05. The van der Waals surface area contributed by atoms with Gasteiger partial charge in [-0.05, 0) is 138 Å². The van der Waals surface area contributed by atoms with Crippen molar-refractivity contribution in [2.24, 2.45) is 0 Å². The van der Waals surface area contributed by atoms with Gasteiger partial charge in [0.05, 0.1) is 0 Å². The van der Waals surface area contributed by atoms with E-state index in [0.29, 0.717) is 0 Å². The van der Waals surface area contributed by atoms with Crippen LogP contribution in [0.4, 0.5) is 0 Å². The number of hydrogen-bond acceptors (Lipinski definition) is 0. The van der Waals surface area contributed by atoms with Crippen molar-refractivity contribution in [3.63, 3.8) is 0 Å². The molecule has 12 aromatic rings. The van der Waals surface area contributed by atoms with Crippen LogP contribution in [0, 0.1) is 0 Å². The largest absolute Gasteiger partial charge is 0.0622 e. The fourth-order valence-corrected chi connectivity index (χ4v) is 9.79. The molecule has 0 saturated carbocycles. The summed E-state index contributed by atoms with van der Waals surface area (Å²) in [6.07, 6.45) is 0. The van der Waals surface area contributed by atoms with Gasteiger partial charge in [-0.15, -0.1) is 0 Å². The van der Waals surface area contributed by atoms with Gasteiger partial charge in [-0.3, -0.25) is 0 Å². The highest BCUT2D eigenvalue weighted by molar-refractivity contribution is 6.26. The SMILES string of the molecule is c1ccc(-c2ccc(-c3c4ccccc4c(-c4ccc5ccc(-c6ccc7c8ccccc8c8ccccc8c7c6)cc5c4)c4ccccc34)c3ccccc23)cc1.